The zero-order valence-electron chi connectivity index (χ0n) is 20.7. The largest absolute Gasteiger partial charge is 0.496 e. The maximum Gasteiger partial charge on any atom is 0.123 e. The monoisotopic (exact) mass is 455 g/mol. The van der Waals surface area contributed by atoms with Crippen LogP contribution in [0.25, 0.3) is 0 Å². The Morgan fingerprint density at radius 3 is 2.09 bits per heavy atom. The first-order valence-electron chi connectivity index (χ1n) is 12.6. The van der Waals surface area contributed by atoms with Gasteiger partial charge < -0.3 is 15.0 Å². The molecule has 0 spiro atoms. The van der Waals surface area contributed by atoms with Crippen LogP contribution in [0.15, 0.2) is 78.9 Å². The van der Waals surface area contributed by atoms with Gasteiger partial charge in [0.05, 0.1) is 7.11 Å². The number of methoxy groups -OCH3 is 1. The van der Waals surface area contributed by atoms with Gasteiger partial charge in [-0.3, -0.25) is 4.90 Å². The Balaban J connectivity index is 1.48. The molecule has 3 heterocycles. The normalized spacial score (nSPS) is 23.8. The lowest BCUT2D eigenvalue weighted by molar-refractivity contribution is 0.00462. The second-order valence-corrected chi connectivity index (χ2v) is 9.96. The van der Waals surface area contributed by atoms with Crippen LogP contribution in [0.5, 0.6) is 5.75 Å². The number of benzene rings is 3. The second-order valence-electron chi connectivity index (χ2n) is 9.96. The zero-order chi connectivity index (χ0) is 23.5. The summed E-state index contributed by atoms with van der Waals surface area (Å²) in [7, 11) is 5.95. The van der Waals surface area contributed by atoms with E-state index in [0.29, 0.717) is 23.9 Å². The summed E-state index contributed by atoms with van der Waals surface area (Å²) in [6.45, 7) is 3.21. The van der Waals surface area contributed by atoms with E-state index in [4.69, 9.17) is 4.74 Å². The third kappa shape index (κ3) is 4.57. The van der Waals surface area contributed by atoms with Crippen molar-refractivity contribution in [3.63, 3.8) is 0 Å². The lowest BCUT2D eigenvalue weighted by atomic mass is 9.70. The first-order chi connectivity index (χ1) is 16.7. The summed E-state index contributed by atoms with van der Waals surface area (Å²) in [5.41, 5.74) is 5.24. The maximum atomic E-state index is 5.73. The van der Waals surface area contributed by atoms with Gasteiger partial charge in [0.1, 0.15) is 5.75 Å². The standard InChI is InChI=1S/C30H37N3O/c1-32(2)26-14-15-27(34-3)25(20-26)21-31-29-24-16-18-33(19-17-24)30(29)28(22-10-6-4-7-11-22)23-12-8-5-9-13-23/h4-15,20,24,28-31H,16-19,21H2,1-3H3/t29?,30-/m0/s1. The highest BCUT2D eigenvalue weighted by Crippen LogP contribution is 2.42. The smallest absolute Gasteiger partial charge is 0.123 e. The molecule has 1 unspecified atom stereocenters. The van der Waals surface area contributed by atoms with Gasteiger partial charge in [-0.2, -0.15) is 0 Å². The van der Waals surface area contributed by atoms with Crippen molar-refractivity contribution in [3.8, 4) is 5.75 Å². The van der Waals surface area contributed by atoms with E-state index in [9.17, 15) is 0 Å². The molecule has 4 heteroatoms. The van der Waals surface area contributed by atoms with Gasteiger partial charge >= 0.3 is 0 Å². The summed E-state index contributed by atoms with van der Waals surface area (Å²) in [5.74, 6) is 2.00. The molecule has 1 N–H and O–H groups in total. The van der Waals surface area contributed by atoms with E-state index in [0.717, 1.165) is 12.3 Å². The number of piperidine rings is 3. The molecule has 3 aliphatic rings. The van der Waals surface area contributed by atoms with Crippen LogP contribution in [0.2, 0.25) is 0 Å². The summed E-state index contributed by atoms with van der Waals surface area (Å²) in [6, 6.07) is 29.5. The van der Waals surface area contributed by atoms with Crippen molar-refractivity contribution in [3.05, 3.63) is 95.6 Å². The SMILES string of the molecule is COc1ccc(N(C)C)cc1CNC1C2CCN(CC2)[C@H]1C(c1ccccc1)c1ccccc1. The molecule has 6 rings (SSSR count). The van der Waals surface area contributed by atoms with Crippen molar-refractivity contribution in [2.45, 2.75) is 37.4 Å². The van der Waals surface area contributed by atoms with E-state index in [2.05, 4.69) is 108 Å². The molecule has 3 aromatic rings. The summed E-state index contributed by atoms with van der Waals surface area (Å²) in [4.78, 5) is 4.90. The van der Waals surface area contributed by atoms with Gasteiger partial charge in [-0.25, -0.2) is 0 Å². The van der Waals surface area contributed by atoms with Crippen LogP contribution in [0.3, 0.4) is 0 Å². The molecule has 3 saturated heterocycles. The summed E-state index contributed by atoms with van der Waals surface area (Å²) >= 11 is 0. The molecule has 3 fully saturated rings. The molecule has 3 aromatic carbocycles. The number of anilines is 1. The van der Waals surface area contributed by atoms with Crippen molar-refractivity contribution in [1.29, 1.82) is 0 Å². The average molecular weight is 456 g/mol. The Morgan fingerprint density at radius 2 is 1.53 bits per heavy atom. The molecular formula is C30H37N3O. The molecule has 0 aromatic heterocycles. The molecule has 34 heavy (non-hydrogen) atoms. The van der Waals surface area contributed by atoms with Gasteiger partial charge in [-0.15, -0.1) is 0 Å². The molecule has 0 radical (unpaired) electrons. The number of fused-ring (bicyclic) bond motifs is 3. The predicted octanol–water partition coefficient (Wildman–Crippen LogP) is 5.15. The van der Waals surface area contributed by atoms with Gasteiger partial charge in [0.2, 0.25) is 0 Å². The Kier molecular flexibility index (Phi) is 6.89. The molecular weight excluding hydrogens is 418 g/mol. The van der Waals surface area contributed by atoms with E-state index in [-0.39, 0.29) is 0 Å². The Bertz CT molecular complexity index is 1020. The lowest BCUT2D eigenvalue weighted by Crippen LogP contribution is -2.64. The average Bonchev–Trinajstić information content (AvgIpc) is 2.89. The molecule has 4 nitrogen and oxygen atoms in total. The maximum absolute atomic E-state index is 5.73. The highest BCUT2D eigenvalue weighted by atomic mass is 16.5. The van der Waals surface area contributed by atoms with Crippen LogP contribution >= 0.6 is 0 Å². The fourth-order valence-corrected chi connectivity index (χ4v) is 6.10. The van der Waals surface area contributed by atoms with Gasteiger partial charge in [0.15, 0.2) is 0 Å². The fraction of sp³-hybridized carbons (Fsp3) is 0.400. The van der Waals surface area contributed by atoms with Crippen LogP contribution in [0.4, 0.5) is 5.69 Å². The molecule has 0 saturated carbocycles. The highest BCUT2D eigenvalue weighted by Gasteiger charge is 2.46. The minimum Gasteiger partial charge on any atom is -0.496 e. The van der Waals surface area contributed by atoms with Crippen molar-refractivity contribution >= 4 is 5.69 Å². The van der Waals surface area contributed by atoms with Crippen LogP contribution in [-0.4, -0.2) is 51.3 Å². The van der Waals surface area contributed by atoms with Gasteiger partial charge in [-0.05, 0) is 61.2 Å². The number of hydrogen-bond donors (Lipinski definition) is 1. The highest BCUT2D eigenvalue weighted by molar-refractivity contribution is 5.52. The lowest BCUT2D eigenvalue weighted by Gasteiger charge is -2.54. The van der Waals surface area contributed by atoms with E-state index in [1.165, 1.54) is 48.3 Å². The number of hydrogen-bond acceptors (Lipinski definition) is 4. The van der Waals surface area contributed by atoms with Gasteiger partial charge in [0.25, 0.3) is 0 Å². The Morgan fingerprint density at radius 1 is 0.912 bits per heavy atom. The third-order valence-corrected chi connectivity index (χ3v) is 7.84. The molecule has 0 amide bonds. The summed E-state index contributed by atoms with van der Waals surface area (Å²) in [6.07, 6.45) is 2.55. The minimum absolute atomic E-state index is 0.345. The van der Waals surface area contributed by atoms with Crippen molar-refractivity contribution in [2.24, 2.45) is 5.92 Å². The topological polar surface area (TPSA) is 27.7 Å². The van der Waals surface area contributed by atoms with Crippen LogP contribution < -0.4 is 15.0 Å². The Labute approximate surface area is 204 Å². The summed E-state index contributed by atoms with van der Waals surface area (Å²) < 4.78 is 5.73. The van der Waals surface area contributed by atoms with E-state index < -0.39 is 0 Å². The predicted molar refractivity (Wildman–Crippen MR) is 141 cm³/mol. The first kappa shape index (κ1) is 22.9. The van der Waals surface area contributed by atoms with Crippen molar-refractivity contribution in [2.75, 3.05) is 39.2 Å². The second kappa shape index (κ2) is 10.2. The van der Waals surface area contributed by atoms with Crippen molar-refractivity contribution < 1.29 is 4.74 Å². The van der Waals surface area contributed by atoms with E-state index in [1.807, 2.05) is 0 Å². The molecule has 2 atom stereocenters. The van der Waals surface area contributed by atoms with Gasteiger partial charge in [0, 0.05) is 49.9 Å². The Hall–Kier alpha value is -2.82. The van der Waals surface area contributed by atoms with E-state index in [1.54, 1.807) is 7.11 Å². The molecule has 2 bridgehead atoms. The summed E-state index contributed by atoms with van der Waals surface area (Å²) in [5, 5.41) is 4.04. The fourth-order valence-electron chi connectivity index (χ4n) is 6.10. The van der Waals surface area contributed by atoms with Gasteiger partial charge in [-0.1, -0.05) is 60.7 Å². The number of rotatable bonds is 8. The van der Waals surface area contributed by atoms with Crippen molar-refractivity contribution in [1.82, 2.24) is 10.2 Å². The molecule has 178 valence electrons. The van der Waals surface area contributed by atoms with Crippen LogP contribution in [0.1, 0.15) is 35.4 Å². The number of nitrogens with one attached hydrogen (secondary N) is 1. The van der Waals surface area contributed by atoms with Crippen LogP contribution in [0, 0.1) is 5.92 Å². The minimum atomic E-state index is 0.345. The van der Waals surface area contributed by atoms with Crippen LogP contribution in [-0.2, 0) is 6.54 Å². The quantitative estimate of drug-likeness (QED) is 0.509. The third-order valence-electron chi connectivity index (χ3n) is 7.84. The number of nitrogens with zero attached hydrogens (tertiary/aromatic N) is 2. The zero-order valence-corrected chi connectivity index (χ0v) is 20.7. The van der Waals surface area contributed by atoms with E-state index >= 15 is 0 Å². The molecule has 3 aliphatic heterocycles. The number of ether oxygens (including phenoxy) is 1. The first-order valence-corrected chi connectivity index (χ1v) is 12.6. The molecule has 0 aliphatic carbocycles.